The summed E-state index contributed by atoms with van der Waals surface area (Å²) in [7, 11) is 0. The van der Waals surface area contributed by atoms with Gasteiger partial charge in [-0.15, -0.1) is 0 Å². The van der Waals surface area contributed by atoms with Crippen LogP contribution >= 0.6 is 0 Å². The first-order valence-corrected chi connectivity index (χ1v) is 50.0. The van der Waals surface area contributed by atoms with E-state index in [1.165, 1.54) is 310 Å². The van der Waals surface area contributed by atoms with Crippen LogP contribution in [0, 0.1) is 0 Å². The lowest BCUT2D eigenvalue weighted by Gasteiger charge is -2.18. The number of hydrogen-bond acceptors (Lipinski definition) is 12. The summed E-state index contributed by atoms with van der Waals surface area (Å²) < 4.78 is 0. The molecule has 0 spiro atoms. The van der Waals surface area contributed by atoms with E-state index in [4.69, 9.17) is 0 Å². The van der Waals surface area contributed by atoms with Crippen molar-refractivity contribution in [3.8, 4) is 0 Å². The molecular weight excluding hydrogens is 1490 g/mol. The van der Waals surface area contributed by atoms with Crippen LogP contribution in [0.15, 0.2) is 0 Å². The van der Waals surface area contributed by atoms with Gasteiger partial charge in [0, 0.05) is 77.5 Å². The van der Waals surface area contributed by atoms with Crippen molar-refractivity contribution in [3.63, 3.8) is 0 Å². The lowest BCUT2D eigenvalue weighted by molar-refractivity contribution is -0.131. The Kier molecular flexibility index (Phi) is 86.1. The highest BCUT2D eigenvalue weighted by Gasteiger charge is 2.25. The molecule has 0 saturated carbocycles. The Bertz CT molecular complexity index is 2430. The standard InChI is InChI=1S/C53H100N4O6.C46H86N4O6/c1-5-7-9-11-13-15-17-19-21-23-25-27-29-32-36-40-50(60)56-48(44-46(3)58)52(62)54-42-38-34-31-35-39-43-55-53(63)49(45-47(4)59)57-51(61)41-37-33-30-28-26-24-22-20-18-16-14-12-10-8-6-2;1-5-7-9-11-13-15-17-19-21-23-25-27-29-31-44(54)49-41(40(4)52)35-36-43(53)47-37-38-48-46(56)42(34-33-39(3)51)50-45(55)32-30-28-26-24-22-20-18-16-14-12-10-8-6-2/h48-49H,5-45H2,1-4H3,(H,54,62)(H,55,63)(H,56,60)(H,57,61);41-42H,5-38H2,1-4H3,(H,47,53)(H,48,56)(H,49,54)(H,50,55). The predicted octanol–water partition coefficient (Wildman–Crippen LogP) is 22.5. The van der Waals surface area contributed by atoms with Crippen molar-refractivity contribution >= 4 is 70.4 Å². The highest BCUT2D eigenvalue weighted by atomic mass is 16.2. The first-order valence-electron chi connectivity index (χ1n) is 50.0. The van der Waals surface area contributed by atoms with Gasteiger partial charge in [0.1, 0.15) is 35.5 Å². The second-order valence-corrected chi connectivity index (χ2v) is 35.1. The van der Waals surface area contributed by atoms with Gasteiger partial charge in [-0.05, 0) is 79.1 Å². The van der Waals surface area contributed by atoms with E-state index in [1.807, 2.05) is 0 Å². The van der Waals surface area contributed by atoms with Crippen molar-refractivity contribution in [2.75, 3.05) is 26.2 Å². The number of nitrogens with one attached hydrogen (secondary N) is 8. The number of ketones is 4. The monoisotopic (exact) mass is 1680 g/mol. The van der Waals surface area contributed by atoms with Crippen LogP contribution in [0.1, 0.15) is 511 Å². The zero-order chi connectivity index (χ0) is 87.9. The Morgan fingerprint density at radius 1 is 0.185 bits per heavy atom. The Balaban J connectivity index is 0. The number of carbonyl (C=O) groups excluding carboxylic acids is 12. The molecule has 8 N–H and O–H groups in total. The maximum absolute atomic E-state index is 12.9. The summed E-state index contributed by atoms with van der Waals surface area (Å²) in [6, 6.07) is -3.22. The fourth-order valence-electron chi connectivity index (χ4n) is 15.3. The van der Waals surface area contributed by atoms with Gasteiger partial charge >= 0.3 is 0 Å². The molecule has 20 nitrogen and oxygen atoms in total. The van der Waals surface area contributed by atoms with Crippen LogP contribution in [0.25, 0.3) is 0 Å². The highest BCUT2D eigenvalue weighted by Crippen LogP contribution is 2.20. The van der Waals surface area contributed by atoms with Gasteiger partial charge in [-0.1, -0.05) is 381 Å². The lowest BCUT2D eigenvalue weighted by Crippen LogP contribution is -2.48. The molecule has 0 rings (SSSR count). The predicted molar refractivity (Wildman–Crippen MR) is 493 cm³/mol. The van der Waals surface area contributed by atoms with Gasteiger partial charge < -0.3 is 47.3 Å². The molecule has 0 aromatic heterocycles. The molecule has 0 saturated heterocycles. The van der Waals surface area contributed by atoms with Gasteiger partial charge in [-0.3, -0.25) is 52.7 Å². The SMILES string of the molecule is CCCCCCCCCCCCCCCC(=O)NC(CCC(=O)NCCNC(=O)C(CCC(C)=O)NC(=O)CCCCCCCCCCCCCCC)C(C)=O.CCCCCCCCCCCCCCCCCC(=O)NC(CC(C)=O)C(=O)NCCCCCCCNC(=O)C(CC(C)=O)NC(=O)CCCCCCCCCCCCCCCCC. The Labute approximate surface area is 728 Å². The first-order chi connectivity index (χ1) is 57.7. The molecule has 0 aromatic carbocycles. The summed E-state index contributed by atoms with van der Waals surface area (Å²) in [4.78, 5) is 149. The summed E-state index contributed by atoms with van der Waals surface area (Å²) in [5.41, 5.74) is 0. The van der Waals surface area contributed by atoms with Crippen molar-refractivity contribution in [2.24, 2.45) is 0 Å². The summed E-state index contributed by atoms with van der Waals surface area (Å²) in [5, 5.41) is 22.5. The third-order valence-corrected chi connectivity index (χ3v) is 22.9. The number of hydrogen-bond donors (Lipinski definition) is 8. The summed E-state index contributed by atoms with van der Waals surface area (Å²) in [6.45, 7) is 16.0. The normalized spacial score (nSPS) is 12.1. The zero-order valence-electron chi connectivity index (χ0n) is 78.2. The molecule has 0 radical (unpaired) electrons. The average Bonchev–Trinajstić information content (AvgIpc) is 0.919. The van der Waals surface area contributed by atoms with Crippen molar-refractivity contribution in [1.82, 2.24) is 42.5 Å². The molecule has 0 aliphatic carbocycles. The maximum Gasteiger partial charge on any atom is 0.243 e. The van der Waals surface area contributed by atoms with Gasteiger partial charge in [-0.25, -0.2) is 0 Å². The minimum absolute atomic E-state index is 0.0152. The number of unbranched alkanes of at least 4 members (excludes halogenated alkanes) is 56. The Hall–Kier alpha value is -5.56. The van der Waals surface area contributed by atoms with Crippen molar-refractivity contribution in [2.45, 2.75) is 535 Å². The minimum Gasteiger partial charge on any atom is -0.354 e. The number of rotatable bonds is 89. The molecule has 0 aromatic rings. The van der Waals surface area contributed by atoms with Gasteiger partial charge in [0.2, 0.25) is 47.3 Å². The first kappa shape index (κ1) is 115. The number of amides is 8. The third-order valence-electron chi connectivity index (χ3n) is 22.9. The second-order valence-electron chi connectivity index (χ2n) is 35.1. The van der Waals surface area contributed by atoms with Gasteiger partial charge in [0.05, 0.1) is 6.04 Å². The van der Waals surface area contributed by atoms with E-state index in [9.17, 15) is 57.5 Å². The molecule has 4 unspecified atom stereocenters. The highest BCUT2D eigenvalue weighted by molar-refractivity contribution is 5.93. The summed E-state index contributed by atoms with van der Waals surface area (Å²) in [6.07, 6.45) is 76.1. The fraction of sp³-hybridized carbons (Fsp3) is 0.879. The molecule has 0 fully saturated rings. The molecular formula is C99H186N8O12. The molecule has 0 heterocycles. The topological polar surface area (TPSA) is 301 Å². The van der Waals surface area contributed by atoms with Gasteiger partial charge in [0.25, 0.3) is 0 Å². The van der Waals surface area contributed by atoms with Crippen molar-refractivity contribution in [3.05, 3.63) is 0 Å². The summed E-state index contributed by atoms with van der Waals surface area (Å²) >= 11 is 0. The van der Waals surface area contributed by atoms with E-state index in [2.05, 4.69) is 70.2 Å². The van der Waals surface area contributed by atoms with E-state index < -0.39 is 24.2 Å². The van der Waals surface area contributed by atoms with Crippen LogP contribution in [0.3, 0.4) is 0 Å². The molecule has 20 heteroatoms. The largest absolute Gasteiger partial charge is 0.354 e. The maximum atomic E-state index is 12.9. The second kappa shape index (κ2) is 88.7. The van der Waals surface area contributed by atoms with E-state index in [-0.39, 0.29) is 122 Å². The number of Topliss-reactive ketones (excluding diaryl/α,β-unsaturated/α-hetero) is 4. The average molecular weight is 1680 g/mol. The van der Waals surface area contributed by atoms with Crippen LogP contribution < -0.4 is 42.5 Å². The molecule has 8 amide bonds. The Morgan fingerprint density at radius 2 is 0.387 bits per heavy atom. The van der Waals surface area contributed by atoms with Crippen LogP contribution in [0.4, 0.5) is 0 Å². The molecule has 694 valence electrons. The van der Waals surface area contributed by atoms with Crippen LogP contribution in [-0.4, -0.2) is 121 Å². The van der Waals surface area contributed by atoms with Gasteiger partial charge in [0.15, 0.2) is 5.78 Å². The smallest absolute Gasteiger partial charge is 0.243 e. The molecule has 119 heavy (non-hydrogen) atoms. The number of carbonyl (C=O) groups is 12. The summed E-state index contributed by atoms with van der Waals surface area (Å²) in [5.74, 6) is -2.53. The van der Waals surface area contributed by atoms with Crippen LogP contribution in [0.5, 0.6) is 0 Å². The quantitative estimate of drug-likeness (QED) is 0.0264. The minimum atomic E-state index is -0.847. The lowest BCUT2D eigenvalue weighted by atomic mass is 10.0. The van der Waals surface area contributed by atoms with E-state index in [0.717, 1.165) is 109 Å². The Morgan fingerprint density at radius 3 is 0.630 bits per heavy atom. The third kappa shape index (κ3) is 84.4. The van der Waals surface area contributed by atoms with E-state index in [0.29, 0.717) is 38.8 Å². The molecule has 0 aliphatic heterocycles. The van der Waals surface area contributed by atoms with E-state index >= 15 is 0 Å². The van der Waals surface area contributed by atoms with E-state index in [1.54, 1.807) is 0 Å². The molecule has 0 bridgehead atoms. The van der Waals surface area contributed by atoms with Crippen molar-refractivity contribution in [1.29, 1.82) is 0 Å². The van der Waals surface area contributed by atoms with Crippen LogP contribution in [-0.2, 0) is 57.5 Å². The molecule has 4 atom stereocenters. The molecule has 0 aliphatic rings. The van der Waals surface area contributed by atoms with Gasteiger partial charge in [-0.2, -0.15) is 0 Å². The zero-order valence-corrected chi connectivity index (χ0v) is 78.2. The fourth-order valence-corrected chi connectivity index (χ4v) is 15.3. The van der Waals surface area contributed by atoms with Crippen molar-refractivity contribution < 1.29 is 57.5 Å². The van der Waals surface area contributed by atoms with Crippen LogP contribution in [0.2, 0.25) is 0 Å².